The van der Waals surface area contributed by atoms with Crippen molar-refractivity contribution in [3.63, 3.8) is 0 Å². The van der Waals surface area contributed by atoms with E-state index in [-0.39, 0.29) is 18.0 Å². The average Bonchev–Trinajstić information content (AvgIpc) is 2.44. The molecule has 0 aliphatic heterocycles. The lowest BCUT2D eigenvalue weighted by molar-refractivity contribution is -0.527. The first-order valence-electron chi connectivity index (χ1n) is 6.78. The summed E-state index contributed by atoms with van der Waals surface area (Å²) >= 11 is 12.0. The lowest BCUT2D eigenvalue weighted by Gasteiger charge is -2.26. The number of allylic oxidation sites excluding steroid dienone is 1. The van der Waals surface area contributed by atoms with Crippen molar-refractivity contribution in [3.05, 3.63) is 55.6 Å². The molecular formula is C14H15Cl2NO5S. The van der Waals surface area contributed by atoms with Gasteiger partial charge in [0.25, 0.3) is 10.1 Å². The van der Waals surface area contributed by atoms with E-state index in [2.05, 4.69) is 0 Å². The van der Waals surface area contributed by atoms with Crippen LogP contribution in [0.4, 0.5) is 0 Å². The molecule has 0 heterocycles. The fourth-order valence-electron chi connectivity index (χ4n) is 2.60. The highest BCUT2D eigenvalue weighted by Crippen LogP contribution is 2.38. The van der Waals surface area contributed by atoms with Crippen LogP contribution in [0.2, 0.25) is 10.0 Å². The van der Waals surface area contributed by atoms with Crippen molar-refractivity contribution in [1.82, 2.24) is 0 Å². The fraction of sp³-hybridized carbons (Fsp3) is 0.429. The lowest BCUT2D eigenvalue weighted by Crippen LogP contribution is -2.31. The molecule has 2 atom stereocenters. The first-order chi connectivity index (χ1) is 10.7. The highest BCUT2D eigenvalue weighted by atomic mass is 35.5. The van der Waals surface area contributed by atoms with E-state index >= 15 is 0 Å². The molecule has 126 valence electrons. The van der Waals surface area contributed by atoms with E-state index in [4.69, 9.17) is 27.4 Å². The summed E-state index contributed by atoms with van der Waals surface area (Å²) in [6, 6.07) is 4.00. The second kappa shape index (κ2) is 7.17. The van der Waals surface area contributed by atoms with Gasteiger partial charge in [0.15, 0.2) is 0 Å². The van der Waals surface area contributed by atoms with E-state index < -0.39 is 22.1 Å². The summed E-state index contributed by atoms with van der Waals surface area (Å²) in [6.45, 7) is -0.162. The Bertz CT molecular complexity index is 748. The van der Waals surface area contributed by atoms with Crippen molar-refractivity contribution < 1.29 is 17.5 Å². The van der Waals surface area contributed by atoms with Crippen LogP contribution in [0.15, 0.2) is 29.8 Å². The molecule has 0 unspecified atom stereocenters. The van der Waals surface area contributed by atoms with Crippen LogP contribution in [0.3, 0.4) is 0 Å². The summed E-state index contributed by atoms with van der Waals surface area (Å²) < 4.78 is 26.8. The molecule has 0 radical (unpaired) electrons. The molecule has 0 bridgehead atoms. The number of halogens is 2. The quantitative estimate of drug-likeness (QED) is 0.338. The molecule has 23 heavy (non-hydrogen) atoms. The van der Waals surface area contributed by atoms with Crippen molar-refractivity contribution in [1.29, 1.82) is 0 Å². The van der Waals surface area contributed by atoms with Gasteiger partial charge in [0.05, 0.1) is 18.8 Å². The monoisotopic (exact) mass is 379 g/mol. The summed E-state index contributed by atoms with van der Waals surface area (Å²) in [7, 11) is -3.58. The van der Waals surface area contributed by atoms with Gasteiger partial charge in [-0.1, -0.05) is 35.3 Å². The normalized spacial score (nSPS) is 21.8. The van der Waals surface area contributed by atoms with Gasteiger partial charge < -0.3 is 0 Å². The van der Waals surface area contributed by atoms with Gasteiger partial charge in [-0.25, -0.2) is 0 Å². The number of rotatable bonds is 5. The fourth-order valence-corrected chi connectivity index (χ4v) is 3.52. The summed E-state index contributed by atoms with van der Waals surface area (Å²) in [6.07, 6.45) is 3.22. The molecular weight excluding hydrogens is 365 g/mol. The molecule has 9 heteroatoms. The minimum absolute atomic E-state index is 0.117. The average molecular weight is 380 g/mol. The first-order valence-corrected chi connectivity index (χ1v) is 9.35. The molecule has 0 amide bonds. The molecule has 0 fully saturated rings. The molecule has 6 nitrogen and oxygen atoms in total. The largest absolute Gasteiger partial charge is 0.266 e. The highest BCUT2D eigenvalue weighted by Gasteiger charge is 2.37. The minimum Gasteiger partial charge on any atom is -0.266 e. The number of nitro groups is 1. The Labute approximate surface area is 144 Å². The lowest BCUT2D eigenvalue weighted by atomic mass is 9.81. The van der Waals surface area contributed by atoms with Crippen LogP contribution >= 0.6 is 23.2 Å². The third kappa shape index (κ3) is 4.91. The zero-order valence-corrected chi connectivity index (χ0v) is 14.6. The Morgan fingerprint density at radius 3 is 2.65 bits per heavy atom. The predicted molar refractivity (Wildman–Crippen MR) is 88.1 cm³/mol. The standard InChI is InChI=1S/C14H15Cl2NO5S/c1-23(20,21)22-8-9-2-4-12(14(6-9)17(18)19)11-5-3-10(15)7-13(11)16/h2-3,5,7,12,14H,4,6,8H2,1H3/t12-,14+/m1/s1. The maximum atomic E-state index is 11.4. The van der Waals surface area contributed by atoms with Gasteiger partial charge in [-0.2, -0.15) is 8.42 Å². The van der Waals surface area contributed by atoms with Crippen molar-refractivity contribution >= 4 is 33.3 Å². The maximum absolute atomic E-state index is 11.4. The van der Waals surface area contributed by atoms with Crippen molar-refractivity contribution in [2.24, 2.45) is 0 Å². The van der Waals surface area contributed by atoms with E-state index in [1.165, 1.54) is 0 Å². The maximum Gasteiger partial charge on any atom is 0.264 e. The van der Waals surface area contributed by atoms with Crippen molar-refractivity contribution in [3.8, 4) is 0 Å². The van der Waals surface area contributed by atoms with Gasteiger partial charge in [-0.15, -0.1) is 0 Å². The van der Waals surface area contributed by atoms with E-state index in [9.17, 15) is 18.5 Å². The first kappa shape index (κ1) is 18.2. The summed E-state index contributed by atoms with van der Waals surface area (Å²) in [5.41, 5.74) is 1.26. The molecule has 1 aromatic carbocycles. The highest BCUT2D eigenvalue weighted by molar-refractivity contribution is 7.86. The van der Waals surface area contributed by atoms with Crippen LogP contribution in [-0.4, -0.2) is 32.2 Å². The van der Waals surface area contributed by atoms with Crippen LogP contribution in [-0.2, 0) is 14.3 Å². The third-order valence-corrected chi connectivity index (χ3v) is 4.80. The Morgan fingerprint density at radius 2 is 2.09 bits per heavy atom. The zero-order valence-electron chi connectivity index (χ0n) is 12.2. The topological polar surface area (TPSA) is 86.5 Å². The smallest absolute Gasteiger partial charge is 0.264 e. The number of benzene rings is 1. The Morgan fingerprint density at radius 1 is 1.39 bits per heavy atom. The van der Waals surface area contributed by atoms with E-state index in [0.29, 0.717) is 27.6 Å². The van der Waals surface area contributed by atoms with Crippen molar-refractivity contribution in [2.45, 2.75) is 24.8 Å². The van der Waals surface area contributed by atoms with Gasteiger partial charge in [0, 0.05) is 21.4 Å². The summed E-state index contributed by atoms with van der Waals surface area (Å²) in [4.78, 5) is 11.1. The Balaban J connectivity index is 2.24. The number of nitrogens with zero attached hydrogens (tertiary/aromatic N) is 1. The Kier molecular flexibility index (Phi) is 5.67. The van der Waals surface area contributed by atoms with Gasteiger partial charge in [0.2, 0.25) is 6.04 Å². The number of hydrogen-bond acceptors (Lipinski definition) is 5. The second-order valence-electron chi connectivity index (χ2n) is 5.39. The van der Waals surface area contributed by atoms with E-state index in [1.54, 1.807) is 24.3 Å². The van der Waals surface area contributed by atoms with Crippen LogP contribution in [0.1, 0.15) is 24.3 Å². The van der Waals surface area contributed by atoms with Gasteiger partial charge >= 0.3 is 0 Å². The summed E-state index contributed by atoms with van der Waals surface area (Å²) in [5, 5.41) is 12.3. The van der Waals surface area contributed by atoms with Crippen molar-refractivity contribution in [2.75, 3.05) is 12.9 Å². The Hall–Kier alpha value is -1.15. The molecule has 0 saturated carbocycles. The molecule has 2 rings (SSSR count). The molecule has 0 saturated heterocycles. The molecule has 0 N–H and O–H groups in total. The summed E-state index contributed by atoms with van der Waals surface area (Å²) in [5.74, 6) is -0.392. The van der Waals surface area contributed by atoms with E-state index in [0.717, 1.165) is 6.26 Å². The van der Waals surface area contributed by atoms with Crippen LogP contribution in [0.25, 0.3) is 0 Å². The minimum atomic E-state index is -3.58. The van der Waals surface area contributed by atoms with Crippen LogP contribution in [0.5, 0.6) is 0 Å². The van der Waals surface area contributed by atoms with E-state index in [1.807, 2.05) is 0 Å². The van der Waals surface area contributed by atoms with Gasteiger partial charge in [0.1, 0.15) is 0 Å². The predicted octanol–water partition coefficient (Wildman–Crippen LogP) is 3.42. The molecule has 0 spiro atoms. The van der Waals surface area contributed by atoms with Crippen LogP contribution in [0, 0.1) is 10.1 Å². The number of hydrogen-bond donors (Lipinski definition) is 0. The molecule has 1 aliphatic rings. The second-order valence-corrected chi connectivity index (χ2v) is 7.88. The third-order valence-electron chi connectivity index (χ3n) is 3.69. The van der Waals surface area contributed by atoms with Gasteiger partial charge in [-0.3, -0.25) is 14.3 Å². The molecule has 0 aromatic heterocycles. The SMILES string of the molecule is CS(=O)(=O)OCC1=CC[C@H](c2ccc(Cl)cc2Cl)[C@@H]([N+](=O)[O-])C1. The zero-order chi connectivity index (χ0) is 17.2. The van der Waals surface area contributed by atoms with Crippen LogP contribution < -0.4 is 0 Å². The molecule has 1 aromatic rings. The molecule has 1 aliphatic carbocycles. The van der Waals surface area contributed by atoms with Gasteiger partial charge in [-0.05, 0) is 29.7 Å².